The highest BCUT2D eigenvalue weighted by molar-refractivity contribution is 6.20. The number of hydrogen-bond donors (Lipinski definition) is 1. The Balaban J connectivity index is 1.63. The third-order valence-electron chi connectivity index (χ3n) is 7.89. The van der Waals surface area contributed by atoms with Gasteiger partial charge < -0.3 is 9.84 Å². The summed E-state index contributed by atoms with van der Waals surface area (Å²) < 4.78 is 6.88. The minimum absolute atomic E-state index is 0.723. The second kappa shape index (κ2) is 7.42. The van der Waals surface area contributed by atoms with Gasteiger partial charge in [0, 0.05) is 22.3 Å². The Hall–Kier alpha value is -4.66. The second-order valence-electron chi connectivity index (χ2n) is 9.77. The van der Waals surface area contributed by atoms with Gasteiger partial charge in [-0.05, 0) is 44.3 Å². The molecule has 0 fully saturated rings. The van der Waals surface area contributed by atoms with E-state index < -0.39 is 5.60 Å². The van der Waals surface area contributed by atoms with Crippen molar-refractivity contribution in [2.75, 3.05) is 0 Å². The van der Waals surface area contributed by atoms with Crippen molar-refractivity contribution < 1.29 is 9.84 Å². The molecule has 0 saturated carbocycles. The first-order valence-electron chi connectivity index (χ1n) is 12.6. The van der Waals surface area contributed by atoms with Crippen LogP contribution in [0.4, 0.5) is 0 Å². The molecule has 0 saturated heterocycles. The molecule has 1 atom stereocenters. The molecule has 37 heavy (non-hydrogen) atoms. The van der Waals surface area contributed by atoms with Crippen LogP contribution in [0.15, 0.2) is 127 Å². The Bertz CT molecular complexity index is 1920. The summed E-state index contributed by atoms with van der Waals surface area (Å²) in [4.78, 5) is 0. The molecule has 6 aromatic rings. The average molecular weight is 475 g/mol. The lowest BCUT2D eigenvalue weighted by atomic mass is 9.77. The fourth-order valence-corrected chi connectivity index (χ4v) is 6.38. The molecule has 0 amide bonds. The van der Waals surface area contributed by atoms with Crippen molar-refractivity contribution in [3.05, 3.63) is 150 Å². The zero-order chi connectivity index (χ0) is 24.6. The van der Waals surface area contributed by atoms with Crippen LogP contribution in [-0.2, 0) is 5.60 Å². The summed E-state index contributed by atoms with van der Waals surface area (Å²) >= 11 is 0. The summed E-state index contributed by atoms with van der Waals surface area (Å²) in [6.45, 7) is 0. The van der Waals surface area contributed by atoms with E-state index in [4.69, 9.17) is 4.74 Å². The predicted octanol–water partition coefficient (Wildman–Crippen LogP) is 8.17. The number of hydrogen-bond acceptors (Lipinski definition) is 2. The largest absolute Gasteiger partial charge is 0.456 e. The second-order valence-corrected chi connectivity index (χ2v) is 9.77. The molecule has 1 heterocycles. The average Bonchev–Trinajstić information content (AvgIpc) is 3.13. The Kier molecular flexibility index (Phi) is 4.12. The SMILES string of the molecule is OC1(c2ccccc2)C2=C(Oc3ccccc3-c3ccccc32)c2c1c1ccccc1c1ccccc21. The molecular weight excluding hydrogens is 452 g/mol. The topological polar surface area (TPSA) is 29.5 Å². The summed E-state index contributed by atoms with van der Waals surface area (Å²) in [6, 6.07) is 43.3. The molecule has 6 aromatic carbocycles. The van der Waals surface area contributed by atoms with Gasteiger partial charge in [-0.2, -0.15) is 0 Å². The molecule has 0 bridgehead atoms. The Morgan fingerprint density at radius 2 is 1.03 bits per heavy atom. The van der Waals surface area contributed by atoms with Crippen molar-refractivity contribution in [1.82, 2.24) is 0 Å². The summed E-state index contributed by atoms with van der Waals surface area (Å²) in [5, 5.41) is 17.6. The van der Waals surface area contributed by atoms with Crippen LogP contribution in [0, 0.1) is 0 Å². The molecule has 1 unspecified atom stereocenters. The number of ether oxygens (including phenoxy) is 1. The molecular formula is C35H22O2. The first kappa shape index (κ1) is 20.5. The van der Waals surface area contributed by atoms with Gasteiger partial charge in [-0.1, -0.05) is 121 Å². The molecule has 0 spiro atoms. The van der Waals surface area contributed by atoms with E-state index in [1.807, 2.05) is 54.6 Å². The van der Waals surface area contributed by atoms with E-state index in [2.05, 4.69) is 72.8 Å². The molecule has 1 N–H and O–H groups in total. The third-order valence-corrected chi connectivity index (χ3v) is 7.89. The molecule has 2 aliphatic rings. The molecule has 2 nitrogen and oxygen atoms in total. The van der Waals surface area contributed by atoms with Gasteiger partial charge in [-0.3, -0.25) is 0 Å². The lowest BCUT2D eigenvalue weighted by Gasteiger charge is -2.30. The summed E-state index contributed by atoms with van der Waals surface area (Å²) in [7, 11) is 0. The molecule has 2 heteroatoms. The lowest BCUT2D eigenvalue weighted by Crippen LogP contribution is -2.27. The lowest BCUT2D eigenvalue weighted by molar-refractivity contribution is 0.150. The van der Waals surface area contributed by atoms with Gasteiger partial charge in [-0.15, -0.1) is 0 Å². The normalized spacial score (nSPS) is 17.5. The quantitative estimate of drug-likeness (QED) is 0.244. The van der Waals surface area contributed by atoms with Crippen molar-refractivity contribution in [2.45, 2.75) is 5.60 Å². The van der Waals surface area contributed by atoms with E-state index in [9.17, 15) is 5.11 Å². The van der Waals surface area contributed by atoms with Gasteiger partial charge in [0.15, 0.2) is 0 Å². The van der Waals surface area contributed by atoms with Gasteiger partial charge in [0.1, 0.15) is 17.1 Å². The Morgan fingerprint density at radius 1 is 0.486 bits per heavy atom. The van der Waals surface area contributed by atoms with Gasteiger partial charge in [0.25, 0.3) is 0 Å². The molecule has 0 radical (unpaired) electrons. The molecule has 174 valence electrons. The highest BCUT2D eigenvalue weighted by Crippen LogP contribution is 2.60. The summed E-state index contributed by atoms with van der Waals surface area (Å²) in [5.41, 5.74) is 5.11. The first-order valence-corrected chi connectivity index (χ1v) is 12.6. The third kappa shape index (κ3) is 2.63. The van der Waals surface area contributed by atoms with Crippen LogP contribution in [0.5, 0.6) is 5.75 Å². The Morgan fingerprint density at radius 3 is 1.78 bits per heavy atom. The van der Waals surface area contributed by atoms with Crippen molar-refractivity contribution in [3.63, 3.8) is 0 Å². The minimum atomic E-state index is -1.41. The maximum atomic E-state index is 13.2. The zero-order valence-electron chi connectivity index (χ0n) is 20.0. The van der Waals surface area contributed by atoms with Crippen molar-refractivity contribution >= 4 is 32.9 Å². The van der Waals surface area contributed by atoms with Crippen LogP contribution >= 0.6 is 0 Å². The van der Waals surface area contributed by atoms with Crippen LogP contribution in [0.25, 0.3) is 44.0 Å². The Labute approximate surface area is 214 Å². The first-order chi connectivity index (χ1) is 18.3. The maximum absolute atomic E-state index is 13.2. The van der Waals surface area contributed by atoms with Crippen LogP contribution < -0.4 is 4.74 Å². The van der Waals surface area contributed by atoms with Gasteiger partial charge >= 0.3 is 0 Å². The molecule has 8 rings (SSSR count). The zero-order valence-corrected chi connectivity index (χ0v) is 20.0. The van der Waals surface area contributed by atoms with Gasteiger partial charge in [0.2, 0.25) is 0 Å². The maximum Gasteiger partial charge on any atom is 0.146 e. The standard InChI is InChI=1S/C35H22O2/c36-35(22-12-2-1-3-13-22)32-28-19-8-5-15-24(28)23-14-4-7-18-27(23)31(32)34-33(35)29-20-9-6-16-25(29)26-17-10-11-21-30(26)37-34/h1-21,36H. The predicted molar refractivity (Wildman–Crippen MR) is 150 cm³/mol. The summed E-state index contributed by atoms with van der Waals surface area (Å²) in [5.74, 6) is 1.51. The van der Waals surface area contributed by atoms with E-state index >= 15 is 0 Å². The van der Waals surface area contributed by atoms with E-state index in [-0.39, 0.29) is 0 Å². The van der Waals surface area contributed by atoms with Crippen LogP contribution in [0.2, 0.25) is 0 Å². The molecule has 1 aliphatic carbocycles. The van der Waals surface area contributed by atoms with E-state index in [0.717, 1.165) is 72.0 Å². The van der Waals surface area contributed by atoms with Gasteiger partial charge in [0.05, 0.1) is 0 Å². The van der Waals surface area contributed by atoms with Crippen molar-refractivity contribution in [2.24, 2.45) is 0 Å². The van der Waals surface area contributed by atoms with E-state index in [1.54, 1.807) is 0 Å². The summed E-state index contributed by atoms with van der Waals surface area (Å²) in [6.07, 6.45) is 0. The molecule has 0 aromatic heterocycles. The van der Waals surface area contributed by atoms with Crippen LogP contribution in [0.1, 0.15) is 22.3 Å². The number of aliphatic hydroxyl groups is 1. The smallest absolute Gasteiger partial charge is 0.146 e. The highest BCUT2D eigenvalue weighted by Gasteiger charge is 2.50. The van der Waals surface area contributed by atoms with E-state index in [0.29, 0.717) is 0 Å². The fourth-order valence-electron chi connectivity index (χ4n) is 6.38. The van der Waals surface area contributed by atoms with Crippen molar-refractivity contribution in [3.8, 4) is 16.9 Å². The van der Waals surface area contributed by atoms with Crippen molar-refractivity contribution in [1.29, 1.82) is 0 Å². The monoisotopic (exact) mass is 474 g/mol. The van der Waals surface area contributed by atoms with Crippen LogP contribution in [-0.4, -0.2) is 5.11 Å². The van der Waals surface area contributed by atoms with Crippen LogP contribution in [0.3, 0.4) is 0 Å². The molecule has 1 aliphatic heterocycles. The fraction of sp³-hybridized carbons (Fsp3) is 0.0286. The highest BCUT2D eigenvalue weighted by atomic mass is 16.5. The van der Waals surface area contributed by atoms with Gasteiger partial charge in [-0.25, -0.2) is 0 Å². The number of rotatable bonds is 1. The number of fused-ring (bicyclic) bond motifs is 11. The number of benzene rings is 6. The number of para-hydroxylation sites is 1. The van der Waals surface area contributed by atoms with E-state index in [1.165, 1.54) is 0 Å². The minimum Gasteiger partial charge on any atom is -0.456 e.